The first-order valence-electron chi connectivity index (χ1n) is 8.38. The summed E-state index contributed by atoms with van der Waals surface area (Å²) in [7, 11) is 1.68. The summed E-state index contributed by atoms with van der Waals surface area (Å²) < 4.78 is 17.3. The molecular weight excluding hydrogens is 302 g/mol. The SMILES string of the molecule is CCN(c1cccc(OC)c1)C(C)Oc1ccccc1OC(C)C. The van der Waals surface area contributed by atoms with E-state index in [0.717, 1.165) is 29.5 Å². The standard InChI is InChI=1S/C20H27NO3/c1-6-21(17-10-9-11-18(14-17)22-5)16(4)24-20-13-8-7-12-19(20)23-15(2)3/h7-16H,6H2,1-5H3. The molecule has 24 heavy (non-hydrogen) atoms. The molecule has 0 aliphatic heterocycles. The maximum Gasteiger partial charge on any atom is 0.169 e. The van der Waals surface area contributed by atoms with Crippen LogP contribution in [0.5, 0.6) is 17.2 Å². The third-order valence-corrected chi connectivity index (χ3v) is 3.67. The Morgan fingerprint density at radius 3 is 2.17 bits per heavy atom. The van der Waals surface area contributed by atoms with Crippen molar-refractivity contribution < 1.29 is 14.2 Å². The topological polar surface area (TPSA) is 30.9 Å². The Hall–Kier alpha value is -2.36. The van der Waals surface area contributed by atoms with Crippen molar-refractivity contribution in [2.75, 3.05) is 18.6 Å². The number of hydrogen-bond acceptors (Lipinski definition) is 4. The molecule has 0 aromatic heterocycles. The van der Waals surface area contributed by atoms with Crippen molar-refractivity contribution in [1.82, 2.24) is 0 Å². The zero-order valence-electron chi connectivity index (χ0n) is 15.2. The van der Waals surface area contributed by atoms with E-state index in [9.17, 15) is 0 Å². The van der Waals surface area contributed by atoms with Gasteiger partial charge in [-0.1, -0.05) is 18.2 Å². The van der Waals surface area contributed by atoms with Gasteiger partial charge in [0.1, 0.15) is 5.75 Å². The number of ether oxygens (including phenoxy) is 3. The molecule has 0 N–H and O–H groups in total. The lowest BCUT2D eigenvalue weighted by Crippen LogP contribution is -2.37. The fourth-order valence-corrected chi connectivity index (χ4v) is 2.58. The van der Waals surface area contributed by atoms with Gasteiger partial charge in [-0.2, -0.15) is 0 Å². The van der Waals surface area contributed by atoms with Crippen LogP contribution in [0.1, 0.15) is 27.7 Å². The van der Waals surface area contributed by atoms with Crippen molar-refractivity contribution in [2.45, 2.75) is 40.0 Å². The van der Waals surface area contributed by atoms with Crippen molar-refractivity contribution in [2.24, 2.45) is 0 Å². The molecule has 0 aliphatic rings. The zero-order valence-corrected chi connectivity index (χ0v) is 15.2. The van der Waals surface area contributed by atoms with E-state index in [1.807, 2.05) is 63.2 Å². The molecule has 1 atom stereocenters. The molecule has 0 saturated carbocycles. The van der Waals surface area contributed by atoms with Crippen LogP contribution in [0.3, 0.4) is 0 Å². The monoisotopic (exact) mass is 329 g/mol. The number of para-hydroxylation sites is 2. The Bertz CT molecular complexity index is 642. The molecule has 2 rings (SSSR count). The average molecular weight is 329 g/mol. The van der Waals surface area contributed by atoms with Gasteiger partial charge in [-0.3, -0.25) is 0 Å². The summed E-state index contributed by atoms with van der Waals surface area (Å²) in [5.41, 5.74) is 1.06. The maximum atomic E-state index is 6.19. The van der Waals surface area contributed by atoms with Crippen LogP contribution in [0.4, 0.5) is 5.69 Å². The van der Waals surface area contributed by atoms with E-state index < -0.39 is 0 Å². The van der Waals surface area contributed by atoms with Crippen molar-refractivity contribution in [1.29, 1.82) is 0 Å². The molecule has 0 bridgehead atoms. The van der Waals surface area contributed by atoms with E-state index in [0.29, 0.717) is 0 Å². The Morgan fingerprint density at radius 1 is 0.917 bits per heavy atom. The lowest BCUT2D eigenvalue weighted by Gasteiger charge is -2.31. The molecule has 4 heteroatoms. The number of rotatable bonds is 8. The summed E-state index contributed by atoms with van der Waals surface area (Å²) in [6, 6.07) is 15.8. The first kappa shape index (κ1) is 18.0. The molecule has 4 nitrogen and oxygen atoms in total. The van der Waals surface area contributed by atoms with Crippen molar-refractivity contribution in [3.8, 4) is 17.2 Å². The minimum Gasteiger partial charge on any atom is -0.497 e. The number of nitrogens with zero attached hydrogens (tertiary/aromatic N) is 1. The van der Waals surface area contributed by atoms with E-state index in [-0.39, 0.29) is 12.3 Å². The van der Waals surface area contributed by atoms with Crippen molar-refractivity contribution in [3.05, 3.63) is 48.5 Å². The smallest absolute Gasteiger partial charge is 0.169 e. The van der Waals surface area contributed by atoms with Crippen LogP contribution < -0.4 is 19.1 Å². The van der Waals surface area contributed by atoms with Crippen LogP contribution in [0.15, 0.2) is 48.5 Å². The second kappa shape index (κ2) is 8.48. The summed E-state index contributed by atoms with van der Waals surface area (Å²) in [6.45, 7) is 8.98. The highest BCUT2D eigenvalue weighted by Crippen LogP contribution is 2.30. The molecule has 0 radical (unpaired) electrons. The second-order valence-electron chi connectivity index (χ2n) is 5.82. The molecule has 0 amide bonds. The Morgan fingerprint density at radius 2 is 1.58 bits per heavy atom. The van der Waals surface area contributed by atoms with Gasteiger partial charge in [0.15, 0.2) is 17.7 Å². The van der Waals surface area contributed by atoms with Gasteiger partial charge in [-0.15, -0.1) is 0 Å². The first-order chi connectivity index (χ1) is 11.5. The van der Waals surface area contributed by atoms with Gasteiger partial charge in [0.2, 0.25) is 0 Å². The van der Waals surface area contributed by atoms with E-state index in [1.165, 1.54) is 0 Å². The van der Waals surface area contributed by atoms with Gasteiger partial charge in [0.25, 0.3) is 0 Å². The summed E-state index contributed by atoms with van der Waals surface area (Å²) in [6.07, 6.45) is -0.0373. The number of benzene rings is 2. The fourth-order valence-electron chi connectivity index (χ4n) is 2.58. The number of anilines is 1. The van der Waals surface area contributed by atoms with Crippen LogP contribution in [-0.2, 0) is 0 Å². The van der Waals surface area contributed by atoms with Crippen LogP contribution in [-0.4, -0.2) is 26.0 Å². The highest BCUT2D eigenvalue weighted by molar-refractivity contribution is 5.51. The fraction of sp³-hybridized carbons (Fsp3) is 0.400. The molecule has 2 aromatic rings. The quantitative estimate of drug-likeness (QED) is 0.655. The Kier molecular flexibility index (Phi) is 6.36. The third kappa shape index (κ3) is 4.57. The summed E-state index contributed by atoms with van der Waals surface area (Å²) in [5, 5.41) is 0. The second-order valence-corrected chi connectivity index (χ2v) is 5.82. The van der Waals surface area contributed by atoms with E-state index in [1.54, 1.807) is 7.11 Å². The maximum absolute atomic E-state index is 6.19. The Balaban J connectivity index is 2.19. The molecule has 130 valence electrons. The van der Waals surface area contributed by atoms with Gasteiger partial charge in [0.05, 0.1) is 13.2 Å². The number of hydrogen-bond donors (Lipinski definition) is 0. The summed E-state index contributed by atoms with van der Waals surface area (Å²) >= 11 is 0. The zero-order chi connectivity index (χ0) is 17.5. The van der Waals surface area contributed by atoms with Gasteiger partial charge >= 0.3 is 0 Å². The predicted octanol–water partition coefficient (Wildman–Crippen LogP) is 4.73. The van der Waals surface area contributed by atoms with E-state index in [4.69, 9.17) is 14.2 Å². The largest absolute Gasteiger partial charge is 0.497 e. The highest BCUT2D eigenvalue weighted by Gasteiger charge is 2.17. The minimum absolute atomic E-state index is 0.103. The average Bonchev–Trinajstić information content (AvgIpc) is 2.57. The van der Waals surface area contributed by atoms with Gasteiger partial charge < -0.3 is 19.1 Å². The molecule has 2 aromatic carbocycles. The van der Waals surface area contributed by atoms with E-state index >= 15 is 0 Å². The summed E-state index contributed by atoms with van der Waals surface area (Å²) in [5.74, 6) is 2.35. The third-order valence-electron chi connectivity index (χ3n) is 3.67. The first-order valence-corrected chi connectivity index (χ1v) is 8.38. The molecule has 0 spiro atoms. The lowest BCUT2D eigenvalue weighted by atomic mass is 10.2. The molecule has 1 unspecified atom stereocenters. The summed E-state index contributed by atoms with van der Waals surface area (Å²) in [4.78, 5) is 2.18. The molecule has 0 saturated heterocycles. The normalized spacial score (nSPS) is 11.9. The van der Waals surface area contributed by atoms with Gasteiger partial charge in [-0.05, 0) is 52.0 Å². The predicted molar refractivity (Wildman–Crippen MR) is 98.3 cm³/mol. The molecule has 0 heterocycles. The lowest BCUT2D eigenvalue weighted by molar-refractivity contribution is 0.185. The molecule has 0 aliphatic carbocycles. The Labute approximate surface area is 145 Å². The van der Waals surface area contributed by atoms with Crippen LogP contribution in [0.2, 0.25) is 0 Å². The van der Waals surface area contributed by atoms with Crippen molar-refractivity contribution in [3.63, 3.8) is 0 Å². The van der Waals surface area contributed by atoms with Gasteiger partial charge in [0, 0.05) is 18.3 Å². The molecular formula is C20H27NO3. The van der Waals surface area contributed by atoms with Crippen LogP contribution >= 0.6 is 0 Å². The van der Waals surface area contributed by atoms with E-state index in [2.05, 4.69) is 17.9 Å². The van der Waals surface area contributed by atoms with Crippen molar-refractivity contribution >= 4 is 5.69 Å². The highest BCUT2D eigenvalue weighted by atomic mass is 16.5. The minimum atomic E-state index is -0.140. The molecule has 0 fully saturated rings. The van der Waals surface area contributed by atoms with Crippen LogP contribution in [0.25, 0.3) is 0 Å². The van der Waals surface area contributed by atoms with Gasteiger partial charge in [-0.25, -0.2) is 0 Å². The number of methoxy groups -OCH3 is 1. The van der Waals surface area contributed by atoms with Crippen LogP contribution in [0, 0.1) is 0 Å².